The van der Waals surface area contributed by atoms with E-state index in [4.69, 9.17) is 28.8 Å². The van der Waals surface area contributed by atoms with E-state index in [9.17, 15) is 0 Å². The van der Waals surface area contributed by atoms with Crippen LogP contribution < -0.4 is 0 Å². The SMILES string of the molecule is O[Si](O)(O)OOO[Si](O)(O)O.[Gd]. The Balaban J connectivity index is 0. The molecule has 0 heterocycles. The molecule has 76 valence electrons. The van der Waals surface area contributed by atoms with Crippen LogP contribution in [-0.4, -0.2) is 46.9 Å². The molecule has 0 saturated carbocycles. The van der Waals surface area contributed by atoms with Gasteiger partial charge >= 0.3 is 18.1 Å². The second-order valence-corrected chi connectivity index (χ2v) is 4.01. The van der Waals surface area contributed by atoms with Crippen molar-refractivity contribution in [3.8, 4) is 0 Å². The quantitative estimate of drug-likeness (QED) is 0.166. The van der Waals surface area contributed by atoms with Crippen LogP contribution in [0.4, 0.5) is 0 Å². The largest absolute Gasteiger partial charge is 0.701 e. The standard InChI is InChI=1S/Gd.H6O9Si2/c;1-10(2,3)8-7-9-11(4,5)6/h;1-6H. The Bertz CT molecular complexity index is 96.7. The minimum atomic E-state index is -4.92. The molecule has 6 N–H and O–H groups in total. The Morgan fingerprint density at radius 2 is 0.917 bits per heavy atom. The molecule has 0 radical (unpaired) electrons. The smallest absolute Gasteiger partial charge is 0.366 e. The van der Waals surface area contributed by atoms with Crippen molar-refractivity contribution in [2.75, 3.05) is 0 Å². The Kier molecular flexibility index (Phi) is 7.91. The van der Waals surface area contributed by atoms with Gasteiger partial charge in [-0.1, -0.05) is 5.04 Å². The van der Waals surface area contributed by atoms with Crippen LogP contribution in [0, 0.1) is 39.9 Å². The van der Waals surface area contributed by atoms with Crippen molar-refractivity contribution in [2.45, 2.75) is 0 Å². The summed E-state index contributed by atoms with van der Waals surface area (Å²) in [5.41, 5.74) is 0. The summed E-state index contributed by atoms with van der Waals surface area (Å²) in [6.07, 6.45) is 0. The molecule has 0 aromatic carbocycles. The summed E-state index contributed by atoms with van der Waals surface area (Å²) in [7, 11) is -9.83. The van der Waals surface area contributed by atoms with Crippen molar-refractivity contribution < 1.29 is 82.9 Å². The molecule has 0 bridgehead atoms. The van der Waals surface area contributed by atoms with Crippen molar-refractivity contribution in [3.05, 3.63) is 0 Å². The number of hydrogen-bond acceptors (Lipinski definition) is 9. The van der Waals surface area contributed by atoms with Gasteiger partial charge in [-0.25, -0.2) is 0 Å². The predicted molar refractivity (Wildman–Crippen MR) is 28.1 cm³/mol. The van der Waals surface area contributed by atoms with Gasteiger partial charge in [-0.15, -0.1) is 0 Å². The third-order valence-corrected chi connectivity index (χ3v) is 0.875. The van der Waals surface area contributed by atoms with E-state index in [0.717, 1.165) is 0 Å². The first-order valence-corrected chi connectivity index (χ1v) is 5.58. The topological polar surface area (TPSA) is 149 Å². The molecule has 0 atom stereocenters. The van der Waals surface area contributed by atoms with Gasteiger partial charge in [0.25, 0.3) is 0 Å². The van der Waals surface area contributed by atoms with Crippen molar-refractivity contribution in [1.29, 1.82) is 0 Å². The fourth-order valence-electron chi connectivity index (χ4n) is 0.108. The van der Waals surface area contributed by atoms with E-state index in [2.05, 4.69) is 14.2 Å². The minimum Gasteiger partial charge on any atom is -0.366 e. The molecule has 12 heteroatoms. The van der Waals surface area contributed by atoms with Gasteiger partial charge in [0.2, 0.25) is 0 Å². The first kappa shape index (κ1) is 15.9. The molecule has 0 aliphatic heterocycles. The van der Waals surface area contributed by atoms with Gasteiger partial charge in [0.1, 0.15) is 0 Å². The normalized spacial score (nSPS) is 12.5. The molecule has 0 aliphatic rings. The van der Waals surface area contributed by atoms with Crippen molar-refractivity contribution in [1.82, 2.24) is 0 Å². The van der Waals surface area contributed by atoms with E-state index < -0.39 is 18.1 Å². The fraction of sp³-hybridized carbons (Fsp3) is 0. The first-order valence-electron chi connectivity index (χ1n) is 2.08. The summed E-state index contributed by atoms with van der Waals surface area (Å²) in [5, 5.41) is 3.19. The van der Waals surface area contributed by atoms with Gasteiger partial charge in [0.15, 0.2) is 0 Å². The van der Waals surface area contributed by atoms with Gasteiger partial charge in [-0.05, 0) is 0 Å². The average molecular weight is 363 g/mol. The molecule has 0 aliphatic carbocycles. The Morgan fingerprint density at radius 3 is 1.08 bits per heavy atom. The zero-order valence-corrected chi connectivity index (χ0v) is 9.53. The molecular formula is H6GdO9Si2. The van der Waals surface area contributed by atoms with E-state index in [0.29, 0.717) is 0 Å². The maximum atomic E-state index is 8.01. The summed E-state index contributed by atoms with van der Waals surface area (Å²) < 4.78 is 6.49. The molecule has 0 aromatic heterocycles. The van der Waals surface area contributed by atoms with Gasteiger partial charge in [0.05, 0.1) is 0 Å². The molecule has 0 spiro atoms. The molecule has 0 saturated heterocycles. The van der Waals surface area contributed by atoms with Crippen LogP contribution in [0.2, 0.25) is 0 Å². The van der Waals surface area contributed by atoms with Crippen LogP contribution in [-0.2, 0) is 14.2 Å². The number of rotatable bonds is 4. The van der Waals surface area contributed by atoms with Gasteiger partial charge in [0, 0.05) is 39.9 Å². The summed E-state index contributed by atoms with van der Waals surface area (Å²) in [6, 6.07) is 0. The van der Waals surface area contributed by atoms with Crippen LogP contribution in [0.3, 0.4) is 0 Å². The Morgan fingerprint density at radius 1 is 0.667 bits per heavy atom. The Labute approximate surface area is 100 Å². The van der Waals surface area contributed by atoms with E-state index in [1.807, 2.05) is 0 Å². The van der Waals surface area contributed by atoms with Gasteiger partial charge in [-0.2, -0.15) is 9.15 Å². The molecule has 0 rings (SSSR count). The van der Waals surface area contributed by atoms with Crippen LogP contribution in [0.15, 0.2) is 0 Å². The van der Waals surface area contributed by atoms with Crippen LogP contribution >= 0.6 is 0 Å². The Hall–Kier alpha value is 1.40. The third-order valence-electron chi connectivity index (χ3n) is 0.292. The molecular weight excluding hydrogens is 357 g/mol. The molecule has 12 heavy (non-hydrogen) atoms. The summed E-state index contributed by atoms with van der Waals surface area (Å²) in [6.45, 7) is 0. The second kappa shape index (κ2) is 5.99. The first-order chi connectivity index (χ1) is 4.71. The van der Waals surface area contributed by atoms with Crippen LogP contribution in [0.1, 0.15) is 0 Å². The minimum absolute atomic E-state index is 0. The van der Waals surface area contributed by atoms with E-state index in [1.165, 1.54) is 0 Å². The number of hydrogen-bond donors (Lipinski definition) is 6. The van der Waals surface area contributed by atoms with Crippen molar-refractivity contribution in [3.63, 3.8) is 0 Å². The van der Waals surface area contributed by atoms with E-state index in [-0.39, 0.29) is 39.9 Å². The molecule has 9 nitrogen and oxygen atoms in total. The van der Waals surface area contributed by atoms with Crippen molar-refractivity contribution >= 4 is 18.1 Å². The van der Waals surface area contributed by atoms with E-state index >= 15 is 0 Å². The van der Waals surface area contributed by atoms with Crippen LogP contribution in [0.5, 0.6) is 0 Å². The van der Waals surface area contributed by atoms with Crippen molar-refractivity contribution in [2.24, 2.45) is 0 Å². The summed E-state index contributed by atoms with van der Waals surface area (Å²) in [4.78, 5) is 48.0. The maximum Gasteiger partial charge on any atom is 0.701 e. The zero-order valence-electron chi connectivity index (χ0n) is 5.26. The average Bonchev–Trinajstić information content (AvgIpc) is 1.55. The monoisotopic (exact) mass is 364 g/mol. The van der Waals surface area contributed by atoms with E-state index in [1.54, 1.807) is 0 Å². The molecule has 0 aromatic rings. The van der Waals surface area contributed by atoms with Gasteiger partial charge in [-0.3, -0.25) is 0 Å². The maximum absolute atomic E-state index is 8.01. The predicted octanol–water partition coefficient (Wildman–Crippen LogP) is -4.31. The summed E-state index contributed by atoms with van der Waals surface area (Å²) in [5.74, 6) is 0. The fourth-order valence-corrected chi connectivity index (χ4v) is 0.427. The second-order valence-electron chi connectivity index (χ2n) is 1.38. The third kappa shape index (κ3) is 14.0. The van der Waals surface area contributed by atoms with Crippen LogP contribution in [0.25, 0.3) is 0 Å². The molecule has 0 amide bonds. The molecule has 0 unspecified atom stereocenters. The van der Waals surface area contributed by atoms with Gasteiger partial charge < -0.3 is 28.8 Å². The zero-order chi connectivity index (χ0) is 9.12. The summed E-state index contributed by atoms with van der Waals surface area (Å²) >= 11 is 0. The molecule has 0 fully saturated rings.